The normalized spacial score (nSPS) is 18.8. The predicted molar refractivity (Wildman–Crippen MR) is 139 cm³/mol. The minimum atomic E-state index is -0.411. The van der Waals surface area contributed by atoms with Crippen molar-refractivity contribution in [3.63, 3.8) is 0 Å². The van der Waals surface area contributed by atoms with E-state index in [1.165, 1.54) is 16.7 Å². The van der Waals surface area contributed by atoms with E-state index in [0.717, 1.165) is 11.3 Å². The van der Waals surface area contributed by atoms with Crippen molar-refractivity contribution in [1.82, 2.24) is 19.6 Å². The van der Waals surface area contributed by atoms with Gasteiger partial charge in [-0.15, -0.1) is 0 Å². The second-order valence-electron chi connectivity index (χ2n) is 9.74. The maximum absolute atomic E-state index is 13.8. The molecule has 0 amide bonds. The second-order valence-corrected chi connectivity index (χ2v) is 9.74. The average molecular weight is 512 g/mol. The van der Waals surface area contributed by atoms with Crippen LogP contribution in [-0.4, -0.2) is 44.8 Å². The maximum atomic E-state index is 13.8. The van der Waals surface area contributed by atoms with Crippen molar-refractivity contribution >= 4 is 16.7 Å². The molecule has 4 aromatic rings. The van der Waals surface area contributed by atoms with Gasteiger partial charge in [-0.25, -0.2) is 9.37 Å². The lowest BCUT2D eigenvalue weighted by atomic mass is 9.96. The highest BCUT2D eigenvalue weighted by Gasteiger charge is 2.38. The Hall–Kier alpha value is -4.54. The Morgan fingerprint density at radius 3 is 2.45 bits per heavy atom. The van der Waals surface area contributed by atoms with Crippen LogP contribution in [0.5, 0.6) is 0 Å². The first-order chi connectivity index (χ1) is 18.2. The molecule has 38 heavy (non-hydrogen) atoms. The number of piperazine rings is 1. The van der Waals surface area contributed by atoms with Crippen molar-refractivity contribution in [1.29, 1.82) is 10.5 Å². The van der Waals surface area contributed by atoms with Gasteiger partial charge in [0.25, 0.3) is 5.56 Å². The van der Waals surface area contributed by atoms with E-state index in [9.17, 15) is 19.7 Å². The fourth-order valence-electron chi connectivity index (χ4n) is 5.35. The summed E-state index contributed by atoms with van der Waals surface area (Å²) in [6.45, 7) is 6.94. The number of aromatic nitrogens is 3. The van der Waals surface area contributed by atoms with Gasteiger partial charge >= 0.3 is 0 Å². The Labute approximate surface area is 218 Å². The molecule has 1 aliphatic rings. The minimum Gasteiger partial charge on any atom is -0.363 e. The van der Waals surface area contributed by atoms with Gasteiger partial charge in [0.2, 0.25) is 0 Å². The van der Waals surface area contributed by atoms with E-state index in [-0.39, 0.29) is 35.2 Å². The van der Waals surface area contributed by atoms with E-state index in [0.29, 0.717) is 35.6 Å². The number of rotatable bonds is 4. The monoisotopic (exact) mass is 511 g/mol. The first kappa shape index (κ1) is 25.1. The van der Waals surface area contributed by atoms with Gasteiger partial charge in [0.1, 0.15) is 46.2 Å². The highest BCUT2D eigenvalue weighted by atomic mass is 19.1. The molecule has 3 aromatic heterocycles. The summed E-state index contributed by atoms with van der Waals surface area (Å²) in [7, 11) is 1.60. The van der Waals surface area contributed by atoms with Gasteiger partial charge < -0.3 is 14.0 Å². The number of pyridine rings is 2. The number of anilines is 1. The topological polar surface area (TPSA) is 115 Å². The molecule has 10 heteroatoms. The van der Waals surface area contributed by atoms with Gasteiger partial charge in [0.05, 0.1) is 17.2 Å². The summed E-state index contributed by atoms with van der Waals surface area (Å²) in [5.74, 6) is 0.358. The summed E-state index contributed by atoms with van der Waals surface area (Å²) in [6.07, 6.45) is 0. The molecule has 1 fully saturated rings. The standard InChI is InChI=1S/C28H26FN7O2/c1-16-15-36(27-22(13-31)28(37)34(4)24-10-9-21(12-30)32-25(24)27)17(2)14-35(16)26(23-11-18(3)38-33-23)19-5-7-20(29)8-6-19/h5-11,16-17,26H,14-15H2,1-4H3/t16-,17+,26?/m1/s1. The van der Waals surface area contributed by atoms with Crippen LogP contribution >= 0.6 is 0 Å². The number of fused-ring (bicyclic) bond motifs is 1. The lowest BCUT2D eigenvalue weighted by Crippen LogP contribution is -2.58. The Morgan fingerprint density at radius 2 is 1.82 bits per heavy atom. The molecule has 0 aliphatic carbocycles. The molecule has 1 unspecified atom stereocenters. The van der Waals surface area contributed by atoms with Crippen LogP contribution in [0.25, 0.3) is 11.0 Å². The van der Waals surface area contributed by atoms with Crippen molar-refractivity contribution in [3.05, 3.63) is 86.9 Å². The van der Waals surface area contributed by atoms with Gasteiger partial charge in [0.15, 0.2) is 0 Å². The van der Waals surface area contributed by atoms with Crippen molar-refractivity contribution in [2.45, 2.75) is 38.9 Å². The third kappa shape index (κ3) is 4.19. The lowest BCUT2D eigenvalue weighted by molar-refractivity contribution is 0.125. The van der Waals surface area contributed by atoms with Crippen LogP contribution in [-0.2, 0) is 7.05 Å². The summed E-state index contributed by atoms with van der Waals surface area (Å²) in [4.78, 5) is 22.0. The maximum Gasteiger partial charge on any atom is 0.270 e. The molecule has 0 spiro atoms. The minimum absolute atomic E-state index is 0.00250. The third-order valence-electron chi connectivity index (χ3n) is 7.21. The van der Waals surface area contributed by atoms with Crippen molar-refractivity contribution < 1.29 is 8.91 Å². The molecular formula is C28H26FN7O2. The zero-order chi connectivity index (χ0) is 27.1. The number of hydrogen-bond donors (Lipinski definition) is 0. The number of nitrogens with zero attached hydrogens (tertiary/aromatic N) is 7. The fourth-order valence-corrected chi connectivity index (χ4v) is 5.35. The van der Waals surface area contributed by atoms with E-state index in [2.05, 4.69) is 34.1 Å². The molecule has 0 saturated carbocycles. The fraction of sp³-hybridized carbons (Fsp3) is 0.321. The summed E-state index contributed by atoms with van der Waals surface area (Å²) < 4.78 is 20.5. The number of nitriles is 2. The average Bonchev–Trinajstić information content (AvgIpc) is 3.34. The highest BCUT2D eigenvalue weighted by Crippen LogP contribution is 2.36. The van der Waals surface area contributed by atoms with Crippen molar-refractivity contribution in [2.75, 3.05) is 18.0 Å². The Bertz CT molecular complexity index is 1660. The third-order valence-corrected chi connectivity index (χ3v) is 7.21. The van der Waals surface area contributed by atoms with E-state index in [4.69, 9.17) is 4.52 Å². The molecule has 1 saturated heterocycles. The Balaban J connectivity index is 1.61. The molecule has 1 aromatic carbocycles. The molecule has 3 atom stereocenters. The SMILES string of the molecule is Cc1cc(C(c2ccc(F)cc2)N2C[C@H](C)N(c3c(C#N)c(=O)n(C)c4ccc(C#N)nc34)C[C@H]2C)no1. The Morgan fingerprint density at radius 1 is 1.08 bits per heavy atom. The first-order valence-electron chi connectivity index (χ1n) is 12.3. The zero-order valence-corrected chi connectivity index (χ0v) is 21.5. The van der Waals surface area contributed by atoms with Crippen LogP contribution < -0.4 is 10.5 Å². The largest absolute Gasteiger partial charge is 0.363 e. The molecule has 192 valence electrons. The zero-order valence-electron chi connectivity index (χ0n) is 21.5. The van der Waals surface area contributed by atoms with Gasteiger partial charge in [-0.1, -0.05) is 17.3 Å². The van der Waals surface area contributed by atoms with E-state index in [1.807, 2.05) is 24.8 Å². The van der Waals surface area contributed by atoms with Crippen LogP contribution in [0.1, 0.15) is 48.2 Å². The molecule has 0 radical (unpaired) electrons. The molecule has 9 nitrogen and oxygen atoms in total. The highest BCUT2D eigenvalue weighted by molar-refractivity contribution is 5.92. The summed E-state index contributed by atoms with van der Waals surface area (Å²) >= 11 is 0. The first-order valence-corrected chi connectivity index (χ1v) is 12.3. The van der Waals surface area contributed by atoms with Gasteiger partial charge in [-0.3, -0.25) is 9.69 Å². The Kier molecular flexibility index (Phi) is 6.43. The summed E-state index contributed by atoms with van der Waals surface area (Å²) in [5, 5.41) is 23.8. The number of hydrogen-bond acceptors (Lipinski definition) is 8. The molecule has 5 rings (SSSR count). The van der Waals surface area contributed by atoms with Crippen LogP contribution in [0.2, 0.25) is 0 Å². The summed E-state index contributed by atoms with van der Waals surface area (Å²) in [6, 6.07) is 15.2. The van der Waals surface area contributed by atoms with E-state index in [1.54, 1.807) is 31.3 Å². The van der Waals surface area contributed by atoms with E-state index < -0.39 is 5.56 Å². The van der Waals surface area contributed by atoms with Crippen LogP contribution in [0.15, 0.2) is 51.8 Å². The van der Waals surface area contributed by atoms with E-state index >= 15 is 0 Å². The van der Waals surface area contributed by atoms with Gasteiger partial charge in [0, 0.05) is 38.3 Å². The van der Waals surface area contributed by atoms with Crippen LogP contribution in [0, 0.1) is 35.4 Å². The quantitative estimate of drug-likeness (QED) is 0.406. The number of aryl methyl sites for hydroxylation is 2. The van der Waals surface area contributed by atoms with Crippen molar-refractivity contribution in [3.8, 4) is 12.1 Å². The van der Waals surface area contributed by atoms with Crippen molar-refractivity contribution in [2.24, 2.45) is 7.05 Å². The molecule has 1 aliphatic heterocycles. The number of benzene rings is 1. The smallest absolute Gasteiger partial charge is 0.270 e. The molecule has 4 heterocycles. The van der Waals surface area contributed by atoms with Crippen LogP contribution in [0.3, 0.4) is 0 Å². The summed E-state index contributed by atoms with van der Waals surface area (Å²) in [5.41, 5.74) is 2.83. The van der Waals surface area contributed by atoms with Gasteiger partial charge in [-0.05, 0) is 50.6 Å². The number of halogens is 1. The molecule has 0 bridgehead atoms. The molecular weight excluding hydrogens is 485 g/mol. The van der Waals surface area contributed by atoms with Crippen LogP contribution in [0.4, 0.5) is 10.1 Å². The lowest BCUT2D eigenvalue weighted by Gasteiger charge is -2.48. The van der Waals surface area contributed by atoms with Gasteiger partial charge in [-0.2, -0.15) is 10.5 Å². The molecule has 0 N–H and O–H groups in total. The second kappa shape index (κ2) is 9.73. The predicted octanol–water partition coefficient (Wildman–Crippen LogP) is 3.80.